The van der Waals surface area contributed by atoms with Crippen molar-refractivity contribution in [1.29, 1.82) is 0 Å². The van der Waals surface area contributed by atoms with Gasteiger partial charge in [-0.25, -0.2) is 4.79 Å². The molecule has 2 amide bonds. The molecule has 2 fully saturated rings. The number of hydrogen-bond acceptors (Lipinski definition) is 11. The summed E-state index contributed by atoms with van der Waals surface area (Å²) in [6.45, 7) is 3.35. The smallest absolute Gasteiger partial charge is 0.412 e. The van der Waals surface area contributed by atoms with Crippen LogP contribution in [0.2, 0.25) is 0 Å². The lowest BCUT2D eigenvalue weighted by Gasteiger charge is -2.52. The lowest BCUT2D eigenvalue weighted by Crippen LogP contribution is -2.74. The number of carbonyl (C=O) groups is 6. The van der Waals surface area contributed by atoms with Crippen LogP contribution >= 0.6 is 0 Å². The lowest BCUT2D eigenvalue weighted by atomic mass is 9.52. The molecule has 40 heavy (non-hydrogen) atoms. The molecule has 6 atom stereocenters. The van der Waals surface area contributed by atoms with Crippen LogP contribution < -0.4 is 16.0 Å². The number of amides is 2. The van der Waals surface area contributed by atoms with Crippen LogP contribution in [0.1, 0.15) is 22.3 Å². The van der Waals surface area contributed by atoms with Crippen molar-refractivity contribution < 1.29 is 43.7 Å². The molecule has 0 bridgehead atoms. The number of nitrogens with one attached hydrogen (secondary N) is 1. The number of nitrogens with zero attached hydrogens (tertiary/aromatic N) is 2. The number of hydrogen-bond donors (Lipinski definition) is 4. The summed E-state index contributed by atoms with van der Waals surface area (Å²) in [5, 5.41) is 25.1. The number of aromatic hydroxyl groups is 1. The third kappa shape index (κ3) is 4.16. The molecule has 4 rings (SSSR count). The highest BCUT2D eigenvalue weighted by Gasteiger charge is 2.69. The van der Waals surface area contributed by atoms with E-state index in [4.69, 9.17) is 10.5 Å². The second kappa shape index (κ2) is 10.1. The van der Waals surface area contributed by atoms with Gasteiger partial charge in [0.2, 0.25) is 5.91 Å². The van der Waals surface area contributed by atoms with E-state index in [0.717, 1.165) is 0 Å². The standard InChI is InChI=1S/C27H32N4O9/c1-6-7-40-26(38)29-14-10-15(30(2)3)12-8-11-9-13-19(31(4)5)22(34)18(25(28)37)24(36)27(13,39)23(35)16(11)21(33)17(12)20(14)32/h6,10-11,13,16,18-19,32,39H,1,7-9H2,2-5H3,(H2,28,37)(H,29,38). The monoisotopic (exact) mass is 556 g/mol. The number of fused-ring (bicyclic) bond motifs is 3. The number of aliphatic hydroxyl groups is 1. The normalized spacial score (nSPS) is 29.3. The molecule has 0 radical (unpaired) electrons. The number of carbonyl (C=O) groups excluding carboxylic acids is 6. The Morgan fingerprint density at radius 1 is 1.20 bits per heavy atom. The third-order valence-corrected chi connectivity index (χ3v) is 8.09. The summed E-state index contributed by atoms with van der Waals surface area (Å²) in [5.41, 5.74) is 3.01. The number of Topliss-reactive ketones (excluding diaryl/α,β-unsaturated/α-hetero) is 4. The highest BCUT2D eigenvalue weighted by atomic mass is 16.5. The van der Waals surface area contributed by atoms with Crippen molar-refractivity contribution in [2.24, 2.45) is 29.4 Å². The number of primary amides is 1. The first-order valence-corrected chi connectivity index (χ1v) is 12.6. The van der Waals surface area contributed by atoms with E-state index in [9.17, 15) is 39.0 Å². The number of anilines is 2. The first kappa shape index (κ1) is 28.9. The Bertz CT molecular complexity index is 1350. The summed E-state index contributed by atoms with van der Waals surface area (Å²) in [4.78, 5) is 81.8. The van der Waals surface area contributed by atoms with Gasteiger partial charge in [-0.1, -0.05) is 12.7 Å². The van der Waals surface area contributed by atoms with Crippen LogP contribution in [0.15, 0.2) is 18.7 Å². The zero-order valence-electron chi connectivity index (χ0n) is 22.6. The second-order valence-electron chi connectivity index (χ2n) is 10.8. The highest BCUT2D eigenvalue weighted by Crippen LogP contribution is 2.52. The maximum Gasteiger partial charge on any atom is 0.412 e. The van der Waals surface area contributed by atoms with E-state index >= 15 is 0 Å². The minimum absolute atomic E-state index is 0.0641. The predicted molar refractivity (Wildman–Crippen MR) is 141 cm³/mol. The van der Waals surface area contributed by atoms with Crippen molar-refractivity contribution in [3.63, 3.8) is 0 Å². The van der Waals surface area contributed by atoms with Crippen molar-refractivity contribution in [1.82, 2.24) is 4.90 Å². The van der Waals surface area contributed by atoms with E-state index in [-0.39, 0.29) is 30.7 Å². The SMILES string of the molecule is C=CCOC(=O)Nc1cc(N(C)C)c2c(c1O)C(=O)C1C(=O)C3(O)C(=O)C(C(N)=O)C(=O)C(N(C)C)C3CC1C2. The van der Waals surface area contributed by atoms with Gasteiger partial charge in [-0.15, -0.1) is 0 Å². The molecule has 6 unspecified atom stereocenters. The topological polar surface area (TPSA) is 197 Å². The third-order valence-electron chi connectivity index (χ3n) is 8.09. The Morgan fingerprint density at radius 3 is 2.40 bits per heavy atom. The molecule has 214 valence electrons. The van der Waals surface area contributed by atoms with E-state index in [1.807, 2.05) is 0 Å². The summed E-state index contributed by atoms with van der Waals surface area (Å²) in [6, 6.07) is 0.280. The van der Waals surface area contributed by atoms with Gasteiger partial charge in [-0.2, -0.15) is 0 Å². The number of phenols is 1. The van der Waals surface area contributed by atoms with Gasteiger partial charge in [0.1, 0.15) is 12.4 Å². The van der Waals surface area contributed by atoms with E-state index in [1.165, 1.54) is 31.1 Å². The molecule has 0 spiro atoms. The predicted octanol–water partition coefficient (Wildman–Crippen LogP) is -0.332. The van der Waals surface area contributed by atoms with Gasteiger partial charge in [0, 0.05) is 25.7 Å². The number of benzene rings is 1. The second-order valence-corrected chi connectivity index (χ2v) is 10.8. The molecule has 2 saturated carbocycles. The van der Waals surface area contributed by atoms with Crippen LogP contribution in [-0.4, -0.2) is 96.7 Å². The Kier molecular flexibility index (Phi) is 7.32. The Morgan fingerprint density at radius 2 is 1.85 bits per heavy atom. The van der Waals surface area contributed by atoms with Crippen molar-refractivity contribution in [2.75, 3.05) is 45.0 Å². The van der Waals surface area contributed by atoms with Gasteiger partial charge >= 0.3 is 6.09 Å². The molecule has 13 heteroatoms. The van der Waals surface area contributed by atoms with Crippen LogP contribution in [-0.2, 0) is 30.3 Å². The first-order chi connectivity index (χ1) is 18.7. The van der Waals surface area contributed by atoms with Crippen LogP contribution in [0.3, 0.4) is 0 Å². The minimum Gasteiger partial charge on any atom is -0.505 e. The molecule has 0 aliphatic heterocycles. The van der Waals surface area contributed by atoms with Crippen LogP contribution in [0.25, 0.3) is 0 Å². The van der Waals surface area contributed by atoms with Crippen molar-refractivity contribution in [3.05, 3.63) is 29.8 Å². The zero-order chi connectivity index (χ0) is 29.8. The molecule has 0 aromatic heterocycles. The fourth-order valence-corrected chi connectivity index (χ4v) is 6.43. The molecule has 5 N–H and O–H groups in total. The van der Waals surface area contributed by atoms with Gasteiger partial charge in [-0.3, -0.25) is 34.2 Å². The van der Waals surface area contributed by atoms with Gasteiger partial charge < -0.3 is 25.6 Å². The van der Waals surface area contributed by atoms with Crippen molar-refractivity contribution in [2.45, 2.75) is 24.5 Å². The number of ether oxygens (including phenoxy) is 1. The van der Waals surface area contributed by atoms with Crippen LogP contribution in [0.4, 0.5) is 16.2 Å². The summed E-state index contributed by atoms with van der Waals surface area (Å²) in [5.74, 6) is -11.6. The quantitative estimate of drug-likeness (QED) is 0.203. The molecule has 3 aliphatic carbocycles. The molecule has 3 aliphatic rings. The van der Waals surface area contributed by atoms with Gasteiger partial charge in [0.15, 0.2) is 34.7 Å². The fourth-order valence-electron chi connectivity index (χ4n) is 6.43. The molecule has 1 aromatic rings. The summed E-state index contributed by atoms with van der Waals surface area (Å²) < 4.78 is 4.90. The highest BCUT2D eigenvalue weighted by molar-refractivity contribution is 6.32. The van der Waals surface area contributed by atoms with Gasteiger partial charge in [-0.05, 0) is 44.5 Å². The molecule has 0 saturated heterocycles. The largest absolute Gasteiger partial charge is 0.505 e. The maximum atomic E-state index is 13.9. The number of phenolic OH excluding ortho intramolecular Hbond substituents is 1. The Labute approximate surface area is 229 Å². The van der Waals surface area contributed by atoms with Crippen molar-refractivity contribution in [3.8, 4) is 5.75 Å². The van der Waals surface area contributed by atoms with Gasteiger partial charge in [0.25, 0.3) is 0 Å². The van der Waals surface area contributed by atoms with Gasteiger partial charge in [0.05, 0.1) is 23.2 Å². The number of nitrogens with two attached hydrogens (primary N) is 1. The average molecular weight is 557 g/mol. The zero-order valence-corrected chi connectivity index (χ0v) is 22.6. The summed E-state index contributed by atoms with van der Waals surface area (Å²) in [7, 11) is 6.42. The van der Waals surface area contributed by atoms with Crippen LogP contribution in [0.5, 0.6) is 5.75 Å². The molecule has 0 heterocycles. The number of rotatable bonds is 6. The maximum absolute atomic E-state index is 13.9. The average Bonchev–Trinajstić information content (AvgIpc) is 2.85. The molecule has 1 aromatic carbocycles. The fraction of sp³-hybridized carbons (Fsp3) is 0.481. The van der Waals surface area contributed by atoms with E-state index in [2.05, 4.69) is 11.9 Å². The van der Waals surface area contributed by atoms with E-state index in [1.54, 1.807) is 19.0 Å². The van der Waals surface area contributed by atoms with E-state index in [0.29, 0.717) is 11.3 Å². The first-order valence-electron chi connectivity index (χ1n) is 12.6. The number of likely N-dealkylation sites (N-methyl/N-ethyl adjacent to an activating group) is 1. The molecule has 13 nitrogen and oxygen atoms in total. The molecular formula is C27H32N4O9. The van der Waals surface area contributed by atoms with Crippen LogP contribution in [0, 0.1) is 23.7 Å². The summed E-state index contributed by atoms with van der Waals surface area (Å²) in [6.07, 6.45) is 0.452. The van der Waals surface area contributed by atoms with Crippen molar-refractivity contribution >= 4 is 46.5 Å². The lowest BCUT2D eigenvalue weighted by molar-refractivity contribution is -0.181. The number of ketones is 4. The summed E-state index contributed by atoms with van der Waals surface area (Å²) >= 11 is 0. The Balaban J connectivity index is 1.85. The Hall–Kier alpha value is -4.10. The molecular weight excluding hydrogens is 524 g/mol. The van der Waals surface area contributed by atoms with E-state index < -0.39 is 76.2 Å². The minimum atomic E-state index is -2.82.